The molecule has 2 atom stereocenters. The average Bonchev–Trinajstić information content (AvgIpc) is 2.40. The Labute approximate surface area is 79.3 Å². The van der Waals surface area contributed by atoms with Crippen LogP contribution in [0.1, 0.15) is 25.7 Å². The third-order valence-corrected chi connectivity index (χ3v) is 4.00. The molecule has 3 heteroatoms. The number of halogens is 1. The van der Waals surface area contributed by atoms with Gasteiger partial charge in [0.2, 0.25) is 0 Å². The van der Waals surface area contributed by atoms with Gasteiger partial charge in [0.1, 0.15) is 6.17 Å². The fourth-order valence-corrected chi connectivity index (χ4v) is 2.80. The van der Waals surface area contributed by atoms with Gasteiger partial charge in [-0.2, -0.15) is 0 Å². The van der Waals surface area contributed by atoms with Crippen molar-refractivity contribution < 1.29 is 4.39 Å². The van der Waals surface area contributed by atoms with Crippen molar-refractivity contribution in [1.82, 2.24) is 4.90 Å². The van der Waals surface area contributed by atoms with Crippen LogP contribution in [0, 0.1) is 5.41 Å². The summed E-state index contributed by atoms with van der Waals surface area (Å²) in [5.74, 6) is 0. The molecule has 2 nitrogen and oxygen atoms in total. The van der Waals surface area contributed by atoms with Gasteiger partial charge in [-0.25, -0.2) is 4.39 Å². The quantitative estimate of drug-likeness (QED) is 0.615. The lowest BCUT2D eigenvalue weighted by Gasteiger charge is -2.40. The van der Waals surface area contributed by atoms with E-state index in [1.807, 2.05) is 0 Å². The van der Waals surface area contributed by atoms with Gasteiger partial charge in [0.15, 0.2) is 0 Å². The molecule has 1 spiro atoms. The molecule has 2 fully saturated rings. The van der Waals surface area contributed by atoms with Gasteiger partial charge in [-0.1, -0.05) is 0 Å². The topological polar surface area (TPSA) is 29.3 Å². The molecule has 0 radical (unpaired) electrons. The minimum Gasteiger partial charge on any atom is -0.325 e. The highest BCUT2D eigenvalue weighted by atomic mass is 19.1. The Kier molecular flexibility index (Phi) is 2.32. The maximum atomic E-state index is 13.3. The predicted octanol–water partition coefficient (Wildman–Crippen LogP) is 1.16. The van der Waals surface area contributed by atoms with E-state index < -0.39 is 6.17 Å². The molecule has 0 aromatic heterocycles. The van der Waals surface area contributed by atoms with Crippen LogP contribution in [0.4, 0.5) is 4.39 Å². The first-order valence-corrected chi connectivity index (χ1v) is 5.22. The molecule has 13 heavy (non-hydrogen) atoms. The van der Waals surface area contributed by atoms with Crippen LogP contribution in [-0.2, 0) is 0 Å². The van der Waals surface area contributed by atoms with Gasteiger partial charge in [-0.3, -0.25) is 0 Å². The third kappa shape index (κ3) is 1.48. The first-order chi connectivity index (χ1) is 6.14. The molecule has 76 valence electrons. The summed E-state index contributed by atoms with van der Waals surface area (Å²) in [6.45, 7) is 2.17. The summed E-state index contributed by atoms with van der Waals surface area (Å²) in [4.78, 5) is 2.31. The molecule has 1 aliphatic carbocycles. The van der Waals surface area contributed by atoms with Crippen molar-refractivity contribution in [2.45, 2.75) is 37.9 Å². The zero-order valence-electron chi connectivity index (χ0n) is 8.30. The molecule has 1 saturated heterocycles. The predicted molar refractivity (Wildman–Crippen MR) is 51.3 cm³/mol. The number of piperidine rings is 1. The Hall–Kier alpha value is -0.150. The molecule has 1 aliphatic heterocycles. The van der Waals surface area contributed by atoms with Gasteiger partial charge in [0.05, 0.1) is 0 Å². The van der Waals surface area contributed by atoms with Crippen molar-refractivity contribution in [3.63, 3.8) is 0 Å². The van der Waals surface area contributed by atoms with Gasteiger partial charge in [0, 0.05) is 6.04 Å². The fourth-order valence-electron chi connectivity index (χ4n) is 2.80. The van der Waals surface area contributed by atoms with Crippen molar-refractivity contribution >= 4 is 0 Å². The van der Waals surface area contributed by atoms with Crippen LogP contribution >= 0.6 is 0 Å². The molecule has 0 aromatic rings. The van der Waals surface area contributed by atoms with E-state index in [9.17, 15) is 4.39 Å². The van der Waals surface area contributed by atoms with E-state index in [4.69, 9.17) is 5.73 Å². The van der Waals surface area contributed by atoms with E-state index in [1.54, 1.807) is 0 Å². The van der Waals surface area contributed by atoms with Gasteiger partial charge in [-0.15, -0.1) is 0 Å². The number of hydrogen-bond acceptors (Lipinski definition) is 2. The summed E-state index contributed by atoms with van der Waals surface area (Å²) in [6.07, 6.45) is 3.12. The van der Waals surface area contributed by atoms with E-state index >= 15 is 0 Å². The summed E-state index contributed by atoms with van der Waals surface area (Å²) in [5, 5.41) is 0. The Balaban J connectivity index is 2.05. The lowest BCUT2D eigenvalue weighted by atomic mass is 9.74. The van der Waals surface area contributed by atoms with Crippen LogP contribution in [0.2, 0.25) is 0 Å². The maximum Gasteiger partial charge on any atom is 0.116 e. The second kappa shape index (κ2) is 3.21. The largest absolute Gasteiger partial charge is 0.325 e. The molecule has 0 amide bonds. The van der Waals surface area contributed by atoms with Gasteiger partial charge in [-0.05, 0) is 51.2 Å². The van der Waals surface area contributed by atoms with Crippen molar-refractivity contribution in [3.8, 4) is 0 Å². The van der Waals surface area contributed by atoms with Crippen LogP contribution in [-0.4, -0.2) is 37.3 Å². The standard InChI is InChI=1S/C10H19FN2/c1-13-6-4-10(5-7-13)3-2-8(11)9(10)12/h8-9H,2-7,12H2,1H3/t8?,9-/m1/s1. The van der Waals surface area contributed by atoms with Gasteiger partial charge >= 0.3 is 0 Å². The number of nitrogens with two attached hydrogens (primary N) is 1. The zero-order valence-corrected chi connectivity index (χ0v) is 8.30. The Morgan fingerprint density at radius 1 is 1.31 bits per heavy atom. The average molecular weight is 186 g/mol. The minimum absolute atomic E-state index is 0.145. The van der Waals surface area contributed by atoms with E-state index in [1.165, 1.54) is 0 Å². The van der Waals surface area contributed by atoms with E-state index in [2.05, 4.69) is 11.9 Å². The molecule has 2 aliphatic rings. The third-order valence-electron chi connectivity index (χ3n) is 4.00. The zero-order chi connectivity index (χ0) is 9.47. The van der Waals surface area contributed by atoms with Gasteiger partial charge < -0.3 is 10.6 Å². The normalized spacial score (nSPS) is 39.9. The lowest BCUT2D eigenvalue weighted by Crippen LogP contribution is -2.48. The summed E-state index contributed by atoms with van der Waals surface area (Å²) < 4.78 is 13.3. The SMILES string of the molecule is CN1CCC2(CCC(F)[C@H]2N)CC1. The summed E-state index contributed by atoms with van der Waals surface area (Å²) in [7, 11) is 2.13. The van der Waals surface area contributed by atoms with Crippen LogP contribution < -0.4 is 5.73 Å². The monoisotopic (exact) mass is 186 g/mol. The second-order valence-electron chi connectivity index (χ2n) is 4.75. The van der Waals surface area contributed by atoms with E-state index in [0.717, 1.165) is 32.4 Å². The second-order valence-corrected chi connectivity index (χ2v) is 4.75. The molecule has 1 heterocycles. The highest BCUT2D eigenvalue weighted by Crippen LogP contribution is 2.46. The summed E-state index contributed by atoms with van der Waals surface area (Å²) in [5.41, 5.74) is 6.08. The molecular formula is C10H19FN2. The number of hydrogen-bond donors (Lipinski definition) is 1. The van der Waals surface area contributed by atoms with Crippen molar-refractivity contribution in [2.75, 3.05) is 20.1 Å². The Morgan fingerprint density at radius 3 is 2.38 bits per heavy atom. The molecule has 0 aromatic carbocycles. The van der Waals surface area contributed by atoms with Crippen LogP contribution in [0.5, 0.6) is 0 Å². The molecule has 1 saturated carbocycles. The molecule has 0 bridgehead atoms. The van der Waals surface area contributed by atoms with E-state index in [0.29, 0.717) is 6.42 Å². The first-order valence-electron chi connectivity index (χ1n) is 5.22. The minimum atomic E-state index is -0.747. The Morgan fingerprint density at radius 2 is 1.92 bits per heavy atom. The maximum absolute atomic E-state index is 13.3. The van der Waals surface area contributed by atoms with Crippen LogP contribution in [0.25, 0.3) is 0 Å². The molecular weight excluding hydrogens is 167 g/mol. The number of likely N-dealkylation sites (tertiary alicyclic amines) is 1. The molecule has 1 unspecified atom stereocenters. The first kappa shape index (κ1) is 9.41. The summed E-state index contributed by atoms with van der Waals surface area (Å²) in [6, 6.07) is -0.193. The fraction of sp³-hybridized carbons (Fsp3) is 1.00. The number of rotatable bonds is 0. The molecule has 2 N–H and O–H groups in total. The smallest absolute Gasteiger partial charge is 0.116 e. The Bertz CT molecular complexity index is 187. The van der Waals surface area contributed by atoms with Crippen molar-refractivity contribution in [3.05, 3.63) is 0 Å². The van der Waals surface area contributed by atoms with Gasteiger partial charge in [0.25, 0.3) is 0 Å². The van der Waals surface area contributed by atoms with Crippen molar-refractivity contribution in [1.29, 1.82) is 0 Å². The highest BCUT2D eigenvalue weighted by Gasteiger charge is 2.47. The van der Waals surface area contributed by atoms with Crippen molar-refractivity contribution in [2.24, 2.45) is 11.1 Å². The van der Waals surface area contributed by atoms with Crippen LogP contribution in [0.3, 0.4) is 0 Å². The van der Waals surface area contributed by atoms with Crippen LogP contribution in [0.15, 0.2) is 0 Å². The van der Waals surface area contributed by atoms with E-state index in [-0.39, 0.29) is 11.5 Å². The lowest BCUT2D eigenvalue weighted by molar-refractivity contribution is 0.0993. The summed E-state index contributed by atoms with van der Waals surface area (Å²) >= 11 is 0. The number of nitrogens with zero attached hydrogens (tertiary/aromatic N) is 1. The number of alkyl halides is 1. The highest BCUT2D eigenvalue weighted by molar-refractivity contribution is 5.02. The molecule has 2 rings (SSSR count).